The van der Waals surface area contributed by atoms with Gasteiger partial charge in [-0.3, -0.25) is 4.90 Å². The van der Waals surface area contributed by atoms with Crippen molar-refractivity contribution >= 4 is 0 Å². The molecule has 130 valence electrons. The largest absolute Gasteiger partial charge is 0.507 e. The van der Waals surface area contributed by atoms with E-state index in [0.717, 1.165) is 17.7 Å². The lowest BCUT2D eigenvalue weighted by Crippen LogP contribution is -2.49. The van der Waals surface area contributed by atoms with Crippen LogP contribution in [-0.2, 0) is 12.0 Å². The van der Waals surface area contributed by atoms with Crippen LogP contribution in [0.3, 0.4) is 0 Å². The quantitative estimate of drug-likeness (QED) is 0.909. The highest BCUT2D eigenvalue weighted by atomic mass is 16.3. The third-order valence-corrected chi connectivity index (χ3v) is 5.27. The minimum atomic E-state index is -0.0321. The minimum Gasteiger partial charge on any atom is -0.507 e. The van der Waals surface area contributed by atoms with Gasteiger partial charge in [-0.2, -0.15) is 0 Å². The van der Waals surface area contributed by atoms with Crippen molar-refractivity contribution < 1.29 is 5.11 Å². The molecular formula is C20H34N2O. The Morgan fingerprint density at radius 2 is 1.65 bits per heavy atom. The van der Waals surface area contributed by atoms with Gasteiger partial charge in [-0.1, -0.05) is 51.8 Å². The molecule has 1 aromatic rings. The van der Waals surface area contributed by atoms with Crippen LogP contribution in [0, 0.1) is 0 Å². The van der Waals surface area contributed by atoms with E-state index in [1.807, 2.05) is 6.07 Å². The molecule has 0 aliphatic heterocycles. The Labute approximate surface area is 142 Å². The van der Waals surface area contributed by atoms with Gasteiger partial charge in [0, 0.05) is 24.2 Å². The van der Waals surface area contributed by atoms with Crippen LogP contribution >= 0.6 is 0 Å². The van der Waals surface area contributed by atoms with E-state index < -0.39 is 0 Å². The monoisotopic (exact) mass is 318 g/mol. The van der Waals surface area contributed by atoms with Crippen LogP contribution in [0.1, 0.15) is 57.6 Å². The molecule has 2 atom stereocenters. The van der Waals surface area contributed by atoms with E-state index in [-0.39, 0.29) is 5.41 Å². The molecule has 0 bridgehead atoms. The maximum Gasteiger partial charge on any atom is 0.123 e. The molecule has 0 radical (unpaired) electrons. The van der Waals surface area contributed by atoms with Crippen molar-refractivity contribution in [2.75, 3.05) is 21.1 Å². The average Bonchev–Trinajstić information content (AvgIpc) is 2.48. The molecule has 1 N–H and O–H groups in total. The Kier molecular flexibility index (Phi) is 5.74. The summed E-state index contributed by atoms with van der Waals surface area (Å²) in [7, 11) is 6.58. The van der Waals surface area contributed by atoms with Crippen molar-refractivity contribution in [2.24, 2.45) is 0 Å². The standard InChI is InChI=1S/C20H34N2O/c1-20(2,3)16-11-9-10-15(19(16)23)14-22(6)18-13-8-7-12-17(18)21(4)5/h9-11,17-18,23H,7-8,12-14H2,1-6H3/t17-,18-/m1/s1. The molecule has 0 unspecified atom stereocenters. The van der Waals surface area contributed by atoms with Gasteiger partial charge in [-0.05, 0) is 45.0 Å². The van der Waals surface area contributed by atoms with Gasteiger partial charge in [0.05, 0.1) is 0 Å². The zero-order chi connectivity index (χ0) is 17.2. The minimum absolute atomic E-state index is 0.0321. The van der Waals surface area contributed by atoms with E-state index in [4.69, 9.17) is 0 Å². The molecule has 0 saturated heterocycles. The Hall–Kier alpha value is -1.06. The number of phenols is 1. The molecule has 23 heavy (non-hydrogen) atoms. The number of benzene rings is 1. The molecule has 0 amide bonds. The van der Waals surface area contributed by atoms with Gasteiger partial charge < -0.3 is 10.0 Å². The second-order valence-corrected chi connectivity index (χ2v) is 8.36. The fourth-order valence-electron chi connectivity index (χ4n) is 3.92. The van der Waals surface area contributed by atoms with Gasteiger partial charge >= 0.3 is 0 Å². The summed E-state index contributed by atoms with van der Waals surface area (Å²) in [6.07, 6.45) is 5.17. The normalized spacial score (nSPS) is 22.8. The van der Waals surface area contributed by atoms with Gasteiger partial charge in [0.15, 0.2) is 0 Å². The summed E-state index contributed by atoms with van der Waals surface area (Å²) in [6, 6.07) is 7.36. The third-order valence-electron chi connectivity index (χ3n) is 5.27. The SMILES string of the molecule is CN(C)[C@@H]1CCCC[C@H]1N(C)Cc1cccc(C(C)(C)C)c1O. The van der Waals surface area contributed by atoms with E-state index in [1.54, 1.807) is 0 Å². The molecular weight excluding hydrogens is 284 g/mol. The second kappa shape index (κ2) is 7.23. The maximum absolute atomic E-state index is 10.7. The predicted molar refractivity (Wildman–Crippen MR) is 98.0 cm³/mol. The molecule has 0 aromatic heterocycles. The van der Waals surface area contributed by atoms with Crippen LogP contribution in [-0.4, -0.2) is 48.1 Å². The number of nitrogens with zero attached hydrogens (tertiary/aromatic N) is 2. The highest BCUT2D eigenvalue weighted by Crippen LogP contribution is 2.34. The number of hydrogen-bond donors (Lipinski definition) is 1. The van der Waals surface area contributed by atoms with Crippen LogP contribution in [0.2, 0.25) is 0 Å². The summed E-state index contributed by atoms with van der Waals surface area (Å²) in [5, 5.41) is 10.7. The van der Waals surface area contributed by atoms with Gasteiger partial charge in [0.1, 0.15) is 5.75 Å². The van der Waals surface area contributed by atoms with Crippen molar-refractivity contribution in [3.05, 3.63) is 29.3 Å². The Bertz CT molecular complexity index is 519. The first-order valence-electron chi connectivity index (χ1n) is 8.90. The smallest absolute Gasteiger partial charge is 0.123 e. The van der Waals surface area contributed by atoms with Gasteiger partial charge in [0.2, 0.25) is 0 Å². The average molecular weight is 319 g/mol. The first kappa shape index (κ1) is 18.3. The Morgan fingerprint density at radius 3 is 2.22 bits per heavy atom. The second-order valence-electron chi connectivity index (χ2n) is 8.36. The molecule has 2 rings (SSSR count). The van der Waals surface area contributed by atoms with E-state index in [9.17, 15) is 5.11 Å². The number of hydrogen-bond acceptors (Lipinski definition) is 3. The molecule has 1 aromatic carbocycles. The van der Waals surface area contributed by atoms with Crippen LogP contribution in [0.4, 0.5) is 0 Å². The first-order chi connectivity index (χ1) is 10.7. The molecule has 1 aliphatic rings. The van der Waals surface area contributed by atoms with Crippen LogP contribution in [0.5, 0.6) is 5.75 Å². The fourth-order valence-corrected chi connectivity index (χ4v) is 3.92. The molecule has 1 fully saturated rings. The first-order valence-corrected chi connectivity index (χ1v) is 8.90. The molecule has 1 aliphatic carbocycles. The number of aromatic hydroxyl groups is 1. The Morgan fingerprint density at radius 1 is 1.04 bits per heavy atom. The molecule has 3 nitrogen and oxygen atoms in total. The van der Waals surface area contributed by atoms with Crippen molar-refractivity contribution in [3.8, 4) is 5.75 Å². The lowest BCUT2D eigenvalue weighted by molar-refractivity contribution is 0.0871. The van der Waals surface area contributed by atoms with Crippen molar-refractivity contribution in [1.29, 1.82) is 0 Å². The molecule has 0 heterocycles. The van der Waals surface area contributed by atoms with Crippen molar-refractivity contribution in [2.45, 2.75) is 70.5 Å². The molecule has 1 saturated carbocycles. The van der Waals surface area contributed by atoms with Crippen LogP contribution < -0.4 is 0 Å². The fraction of sp³-hybridized carbons (Fsp3) is 0.700. The van der Waals surface area contributed by atoms with Crippen molar-refractivity contribution in [3.63, 3.8) is 0 Å². The van der Waals surface area contributed by atoms with E-state index in [0.29, 0.717) is 17.8 Å². The molecule has 3 heteroatoms. The highest BCUT2D eigenvalue weighted by molar-refractivity contribution is 5.44. The van der Waals surface area contributed by atoms with Gasteiger partial charge in [-0.15, -0.1) is 0 Å². The predicted octanol–water partition coefficient (Wildman–Crippen LogP) is 3.99. The number of para-hydroxylation sites is 1. The zero-order valence-corrected chi connectivity index (χ0v) is 15.8. The Balaban J connectivity index is 2.18. The number of likely N-dealkylation sites (N-methyl/N-ethyl adjacent to an activating group) is 2. The lowest BCUT2D eigenvalue weighted by Gasteiger charge is -2.41. The van der Waals surface area contributed by atoms with E-state index in [2.05, 4.69) is 63.8 Å². The summed E-state index contributed by atoms with van der Waals surface area (Å²) in [5.41, 5.74) is 2.05. The highest BCUT2D eigenvalue weighted by Gasteiger charge is 2.30. The number of rotatable bonds is 4. The van der Waals surface area contributed by atoms with Gasteiger partial charge in [0.25, 0.3) is 0 Å². The van der Waals surface area contributed by atoms with E-state index >= 15 is 0 Å². The summed E-state index contributed by atoms with van der Waals surface area (Å²) in [5.74, 6) is 0.476. The summed E-state index contributed by atoms with van der Waals surface area (Å²) < 4.78 is 0. The summed E-state index contributed by atoms with van der Waals surface area (Å²) >= 11 is 0. The molecule has 0 spiro atoms. The van der Waals surface area contributed by atoms with Crippen LogP contribution in [0.25, 0.3) is 0 Å². The summed E-state index contributed by atoms with van der Waals surface area (Å²) in [4.78, 5) is 4.80. The third kappa shape index (κ3) is 4.27. The summed E-state index contributed by atoms with van der Waals surface area (Å²) in [6.45, 7) is 7.26. The topological polar surface area (TPSA) is 26.7 Å². The van der Waals surface area contributed by atoms with Crippen molar-refractivity contribution in [1.82, 2.24) is 9.80 Å². The number of phenolic OH excluding ortho intramolecular Hbond substituents is 1. The van der Waals surface area contributed by atoms with Crippen LogP contribution in [0.15, 0.2) is 18.2 Å². The van der Waals surface area contributed by atoms with Gasteiger partial charge in [-0.25, -0.2) is 0 Å². The zero-order valence-electron chi connectivity index (χ0n) is 15.8. The maximum atomic E-state index is 10.7. The lowest BCUT2D eigenvalue weighted by atomic mass is 9.85. The van der Waals surface area contributed by atoms with E-state index in [1.165, 1.54) is 25.7 Å².